The smallest absolute Gasteiger partial charge is 0.0790 e. The van der Waals surface area contributed by atoms with Gasteiger partial charge in [-0.2, -0.15) is 0 Å². The van der Waals surface area contributed by atoms with Gasteiger partial charge in [-0.25, -0.2) is 0 Å². The highest BCUT2D eigenvalue weighted by Gasteiger charge is 2.56. The van der Waals surface area contributed by atoms with E-state index in [2.05, 4.69) is 19.9 Å². The number of aliphatic hydroxyl groups is 2. The minimum absolute atomic E-state index is 0.0380. The van der Waals surface area contributed by atoms with Crippen molar-refractivity contribution >= 4 is 0 Å². The third-order valence-corrected chi connectivity index (χ3v) is 7.73. The average molecular weight is 318 g/mol. The van der Waals surface area contributed by atoms with Crippen LogP contribution in [0.3, 0.4) is 0 Å². The van der Waals surface area contributed by atoms with Gasteiger partial charge in [0.2, 0.25) is 0 Å². The summed E-state index contributed by atoms with van der Waals surface area (Å²) in [5.74, 6) is 0.987. The molecule has 4 unspecified atom stereocenters. The van der Waals surface area contributed by atoms with Gasteiger partial charge in [0.1, 0.15) is 0 Å². The Hall–Kier alpha value is -0.640. The maximum absolute atomic E-state index is 10.5. The molecular formula is C20H30O3. The second kappa shape index (κ2) is 5.18. The van der Waals surface area contributed by atoms with Crippen LogP contribution in [0, 0.1) is 22.7 Å². The molecule has 0 saturated heterocycles. The van der Waals surface area contributed by atoms with Gasteiger partial charge in [-0.05, 0) is 61.3 Å². The van der Waals surface area contributed by atoms with E-state index in [0.29, 0.717) is 11.8 Å². The third kappa shape index (κ3) is 2.06. The third-order valence-electron chi connectivity index (χ3n) is 7.73. The van der Waals surface area contributed by atoms with Gasteiger partial charge in [0.05, 0.1) is 18.3 Å². The summed E-state index contributed by atoms with van der Waals surface area (Å²) in [4.78, 5) is 0. The summed E-state index contributed by atoms with van der Waals surface area (Å²) in [5, 5.41) is 20.6. The summed E-state index contributed by atoms with van der Waals surface area (Å²) in [6.45, 7) is 4.63. The Morgan fingerprint density at radius 3 is 2.70 bits per heavy atom. The molecule has 4 aliphatic rings. The van der Waals surface area contributed by atoms with Gasteiger partial charge >= 0.3 is 0 Å². The van der Waals surface area contributed by atoms with Crippen LogP contribution < -0.4 is 0 Å². The van der Waals surface area contributed by atoms with Crippen LogP contribution in [0.2, 0.25) is 0 Å². The van der Waals surface area contributed by atoms with Crippen LogP contribution in [0.1, 0.15) is 52.4 Å². The van der Waals surface area contributed by atoms with Gasteiger partial charge < -0.3 is 14.9 Å². The van der Waals surface area contributed by atoms with E-state index in [1.807, 2.05) is 13.2 Å². The first-order chi connectivity index (χ1) is 10.9. The summed E-state index contributed by atoms with van der Waals surface area (Å²) in [6, 6.07) is 0. The summed E-state index contributed by atoms with van der Waals surface area (Å²) in [5.41, 5.74) is 3.08. The SMILES string of the molecule is COC1CC2CC(O)C=C[C@]2(C)[C@@H]2CC[C@@]3(C)C(=C12)CCC3O. The predicted molar refractivity (Wildman–Crippen MR) is 89.9 cm³/mol. The molecule has 2 fully saturated rings. The minimum atomic E-state index is -0.304. The fourth-order valence-electron chi connectivity index (χ4n) is 6.19. The summed E-state index contributed by atoms with van der Waals surface area (Å²) >= 11 is 0. The summed E-state index contributed by atoms with van der Waals surface area (Å²) < 4.78 is 5.93. The lowest BCUT2D eigenvalue weighted by atomic mass is 9.50. The molecule has 128 valence electrons. The van der Waals surface area contributed by atoms with Crippen LogP contribution in [0.25, 0.3) is 0 Å². The van der Waals surface area contributed by atoms with Gasteiger partial charge in [0.15, 0.2) is 0 Å². The van der Waals surface area contributed by atoms with Crippen molar-refractivity contribution in [3.63, 3.8) is 0 Å². The quantitative estimate of drug-likeness (QED) is 0.730. The minimum Gasteiger partial charge on any atom is -0.392 e. The monoisotopic (exact) mass is 318 g/mol. The fourth-order valence-corrected chi connectivity index (χ4v) is 6.19. The van der Waals surface area contributed by atoms with Crippen molar-refractivity contribution in [1.29, 1.82) is 0 Å². The van der Waals surface area contributed by atoms with E-state index in [1.54, 1.807) is 0 Å². The van der Waals surface area contributed by atoms with Crippen molar-refractivity contribution in [3.8, 4) is 0 Å². The van der Waals surface area contributed by atoms with Crippen LogP contribution in [0.5, 0.6) is 0 Å². The summed E-state index contributed by atoms with van der Waals surface area (Å²) in [7, 11) is 1.82. The maximum atomic E-state index is 10.5. The number of methoxy groups -OCH3 is 1. The molecule has 0 aromatic rings. The standard InChI is InChI=1S/C20H30O3/c1-19-8-6-13(21)10-12(19)11-16(23-3)18-14-4-5-17(22)20(14,2)9-7-15(18)19/h6,8,12-13,15-17,21-22H,4-5,7,9-11H2,1-3H3/t12?,13?,15-,16?,17?,19+,20+/m1/s1. The predicted octanol–water partition coefficient (Wildman–Crippen LogP) is 3.22. The van der Waals surface area contributed by atoms with Crippen molar-refractivity contribution in [2.45, 2.75) is 70.7 Å². The van der Waals surface area contributed by atoms with Crippen molar-refractivity contribution in [2.24, 2.45) is 22.7 Å². The molecule has 2 N–H and O–H groups in total. The van der Waals surface area contributed by atoms with E-state index in [4.69, 9.17) is 4.74 Å². The lowest BCUT2D eigenvalue weighted by molar-refractivity contribution is -0.0242. The molecular weight excluding hydrogens is 288 g/mol. The molecule has 0 aliphatic heterocycles. The van der Waals surface area contributed by atoms with E-state index in [0.717, 1.165) is 38.5 Å². The van der Waals surface area contributed by atoms with Crippen LogP contribution in [-0.4, -0.2) is 35.6 Å². The van der Waals surface area contributed by atoms with Crippen LogP contribution in [0.4, 0.5) is 0 Å². The first-order valence-corrected chi connectivity index (χ1v) is 9.22. The zero-order chi connectivity index (χ0) is 16.4. The Morgan fingerprint density at radius 2 is 1.96 bits per heavy atom. The topological polar surface area (TPSA) is 49.7 Å². The Kier molecular flexibility index (Phi) is 3.57. The van der Waals surface area contributed by atoms with Gasteiger partial charge in [0, 0.05) is 12.5 Å². The zero-order valence-electron chi connectivity index (χ0n) is 14.6. The van der Waals surface area contributed by atoms with Crippen molar-refractivity contribution in [3.05, 3.63) is 23.3 Å². The first kappa shape index (κ1) is 15.9. The van der Waals surface area contributed by atoms with Crippen LogP contribution >= 0.6 is 0 Å². The molecule has 0 radical (unpaired) electrons. The lowest BCUT2D eigenvalue weighted by Crippen LogP contribution is -2.51. The normalized spacial score (nSPS) is 52.1. The van der Waals surface area contributed by atoms with Gasteiger partial charge in [-0.15, -0.1) is 0 Å². The number of allylic oxidation sites excluding steroid dienone is 1. The number of hydrogen-bond acceptors (Lipinski definition) is 3. The molecule has 0 aromatic heterocycles. The second-order valence-electron chi connectivity index (χ2n) is 8.68. The highest BCUT2D eigenvalue weighted by molar-refractivity contribution is 5.39. The zero-order valence-corrected chi connectivity index (χ0v) is 14.6. The maximum Gasteiger partial charge on any atom is 0.0790 e. The van der Waals surface area contributed by atoms with Gasteiger partial charge in [0.25, 0.3) is 0 Å². The molecule has 2 saturated carbocycles. The molecule has 4 aliphatic carbocycles. The number of rotatable bonds is 1. The van der Waals surface area contributed by atoms with E-state index in [-0.39, 0.29) is 29.1 Å². The molecule has 3 nitrogen and oxygen atoms in total. The van der Waals surface area contributed by atoms with Gasteiger partial charge in [-0.1, -0.05) is 31.6 Å². The number of ether oxygens (including phenoxy) is 1. The molecule has 0 aromatic carbocycles. The average Bonchev–Trinajstić information content (AvgIpc) is 2.83. The van der Waals surface area contributed by atoms with E-state index >= 15 is 0 Å². The molecule has 7 atom stereocenters. The molecule has 0 bridgehead atoms. The lowest BCUT2D eigenvalue weighted by Gasteiger charge is -2.56. The Bertz CT molecular complexity index is 565. The molecule has 3 heteroatoms. The fraction of sp³-hybridized carbons (Fsp3) is 0.800. The Balaban J connectivity index is 1.84. The number of hydrogen-bond donors (Lipinski definition) is 2. The van der Waals surface area contributed by atoms with Crippen molar-refractivity contribution in [2.75, 3.05) is 7.11 Å². The highest BCUT2D eigenvalue weighted by Crippen LogP contribution is 2.62. The van der Waals surface area contributed by atoms with E-state index < -0.39 is 0 Å². The molecule has 0 spiro atoms. The second-order valence-corrected chi connectivity index (χ2v) is 8.68. The van der Waals surface area contributed by atoms with Crippen molar-refractivity contribution in [1.82, 2.24) is 0 Å². The number of fused-ring (bicyclic) bond motifs is 4. The highest BCUT2D eigenvalue weighted by atomic mass is 16.5. The molecule has 23 heavy (non-hydrogen) atoms. The molecule has 4 rings (SSSR count). The molecule has 0 heterocycles. The van der Waals surface area contributed by atoms with Crippen LogP contribution in [-0.2, 0) is 4.74 Å². The first-order valence-electron chi connectivity index (χ1n) is 9.22. The Morgan fingerprint density at radius 1 is 1.17 bits per heavy atom. The van der Waals surface area contributed by atoms with E-state index in [9.17, 15) is 10.2 Å². The van der Waals surface area contributed by atoms with Crippen molar-refractivity contribution < 1.29 is 14.9 Å². The largest absolute Gasteiger partial charge is 0.392 e. The van der Waals surface area contributed by atoms with E-state index in [1.165, 1.54) is 11.1 Å². The Labute approximate surface area is 139 Å². The number of aliphatic hydroxyl groups excluding tert-OH is 2. The van der Waals surface area contributed by atoms with Crippen LogP contribution in [0.15, 0.2) is 23.3 Å². The summed E-state index contributed by atoms with van der Waals surface area (Å²) in [6.07, 6.45) is 9.93. The molecule has 0 amide bonds. The van der Waals surface area contributed by atoms with Gasteiger partial charge in [-0.3, -0.25) is 0 Å².